The summed E-state index contributed by atoms with van der Waals surface area (Å²) in [4.78, 5) is 13.2. The smallest absolute Gasteiger partial charge is 0.341 e. The second-order valence-corrected chi connectivity index (χ2v) is 5.70. The Labute approximate surface area is 145 Å². The van der Waals surface area contributed by atoms with Crippen LogP contribution in [-0.2, 0) is 6.18 Å². The number of aromatic nitrogens is 2. The summed E-state index contributed by atoms with van der Waals surface area (Å²) in [6.45, 7) is 0.925. The van der Waals surface area contributed by atoms with Gasteiger partial charge in [-0.3, -0.25) is 4.79 Å². The maximum Gasteiger partial charge on any atom is 0.416 e. The fourth-order valence-corrected chi connectivity index (χ4v) is 2.30. The molecule has 0 saturated heterocycles. The zero-order valence-corrected chi connectivity index (χ0v) is 13.8. The summed E-state index contributed by atoms with van der Waals surface area (Å²) in [6.07, 6.45) is -8.96. The van der Waals surface area contributed by atoms with E-state index >= 15 is 0 Å². The van der Waals surface area contributed by atoms with Gasteiger partial charge in [-0.25, -0.2) is 4.68 Å². The molecule has 0 atom stereocenters. The van der Waals surface area contributed by atoms with E-state index in [1.807, 2.05) is 0 Å². The Morgan fingerprint density at radius 2 is 1.85 bits per heavy atom. The average molecular weight is 379 g/mol. The van der Waals surface area contributed by atoms with Crippen molar-refractivity contribution in [1.29, 1.82) is 0 Å². The lowest BCUT2D eigenvalue weighted by atomic mass is 10.2. The third-order valence-corrected chi connectivity index (χ3v) is 3.74. The molecule has 0 spiro atoms. The number of carbonyl (C=O) groups excluding carboxylic acids is 1. The van der Waals surface area contributed by atoms with Gasteiger partial charge in [0.25, 0.3) is 5.91 Å². The number of nitrogens with zero attached hydrogens (tertiary/aromatic N) is 3. The first kappa shape index (κ1) is 19.8. The van der Waals surface area contributed by atoms with E-state index < -0.39 is 36.8 Å². The van der Waals surface area contributed by atoms with Gasteiger partial charge in [0.15, 0.2) is 0 Å². The molecule has 0 aliphatic heterocycles. The molecule has 0 aliphatic rings. The second-order valence-electron chi connectivity index (χ2n) is 5.70. The van der Waals surface area contributed by atoms with Gasteiger partial charge in [0.1, 0.15) is 0 Å². The number of amides is 1. The van der Waals surface area contributed by atoms with E-state index in [1.54, 1.807) is 0 Å². The van der Waals surface area contributed by atoms with Crippen LogP contribution in [0.1, 0.15) is 28.0 Å². The van der Waals surface area contributed by atoms with Gasteiger partial charge in [-0.15, -0.1) is 0 Å². The van der Waals surface area contributed by atoms with Crippen molar-refractivity contribution in [3.8, 4) is 5.69 Å². The molecule has 0 unspecified atom stereocenters. The third-order valence-electron chi connectivity index (χ3n) is 3.74. The van der Waals surface area contributed by atoms with Crippen LogP contribution < -0.4 is 0 Å². The predicted molar refractivity (Wildman–Crippen MR) is 80.9 cm³/mol. The molecule has 0 aliphatic carbocycles. The van der Waals surface area contributed by atoms with Gasteiger partial charge in [0, 0.05) is 13.6 Å². The SMILES string of the molecule is Cc1c(C(=O)N(C)CCC(F)(F)F)cnn1-c1cccc(C(F)(F)F)c1. The minimum Gasteiger partial charge on any atom is -0.341 e. The minimum absolute atomic E-state index is 0.0205. The van der Waals surface area contributed by atoms with Crippen molar-refractivity contribution in [3.05, 3.63) is 47.3 Å². The van der Waals surface area contributed by atoms with Crippen LogP contribution in [0.4, 0.5) is 26.3 Å². The summed E-state index contributed by atoms with van der Waals surface area (Å²) in [5.74, 6) is -0.690. The molecule has 1 amide bonds. The first-order chi connectivity index (χ1) is 11.9. The van der Waals surface area contributed by atoms with E-state index in [1.165, 1.54) is 26.1 Å². The van der Waals surface area contributed by atoms with Gasteiger partial charge >= 0.3 is 12.4 Å². The summed E-state index contributed by atoms with van der Waals surface area (Å²) in [6, 6.07) is 4.37. The fourth-order valence-electron chi connectivity index (χ4n) is 2.30. The molecule has 10 heteroatoms. The molecular weight excluding hydrogens is 364 g/mol. The molecule has 1 aromatic heterocycles. The summed E-state index contributed by atoms with van der Waals surface area (Å²) >= 11 is 0. The largest absolute Gasteiger partial charge is 0.416 e. The monoisotopic (exact) mass is 379 g/mol. The van der Waals surface area contributed by atoms with Gasteiger partial charge < -0.3 is 4.90 Å². The van der Waals surface area contributed by atoms with Gasteiger partial charge in [-0.1, -0.05) is 6.07 Å². The molecule has 26 heavy (non-hydrogen) atoms. The van der Waals surface area contributed by atoms with E-state index in [0.29, 0.717) is 0 Å². The Hall–Kier alpha value is -2.52. The Kier molecular flexibility index (Phi) is 5.33. The number of benzene rings is 1. The molecular formula is C16H15F6N3O. The van der Waals surface area contributed by atoms with Gasteiger partial charge in [-0.2, -0.15) is 31.4 Å². The van der Waals surface area contributed by atoms with Gasteiger partial charge in [0.05, 0.1) is 35.1 Å². The molecule has 4 nitrogen and oxygen atoms in total. The lowest BCUT2D eigenvalue weighted by molar-refractivity contribution is -0.138. The lowest BCUT2D eigenvalue weighted by Crippen LogP contribution is -2.30. The van der Waals surface area contributed by atoms with Crippen LogP contribution in [0.2, 0.25) is 0 Å². The molecule has 2 rings (SSSR count). The number of alkyl halides is 6. The molecule has 0 fully saturated rings. The highest BCUT2D eigenvalue weighted by Gasteiger charge is 2.31. The van der Waals surface area contributed by atoms with E-state index in [0.717, 1.165) is 27.9 Å². The van der Waals surface area contributed by atoms with Crippen molar-refractivity contribution >= 4 is 5.91 Å². The Bertz CT molecular complexity index is 794. The quantitative estimate of drug-likeness (QED) is 0.746. The van der Waals surface area contributed by atoms with Crippen LogP contribution in [0.15, 0.2) is 30.5 Å². The highest BCUT2D eigenvalue weighted by Crippen LogP contribution is 2.30. The maximum atomic E-state index is 12.8. The van der Waals surface area contributed by atoms with Crippen molar-refractivity contribution in [2.45, 2.75) is 25.7 Å². The fraction of sp³-hybridized carbons (Fsp3) is 0.375. The van der Waals surface area contributed by atoms with Crippen molar-refractivity contribution in [1.82, 2.24) is 14.7 Å². The zero-order chi connectivity index (χ0) is 19.7. The normalized spacial score (nSPS) is 12.3. The number of hydrogen-bond acceptors (Lipinski definition) is 2. The van der Waals surface area contributed by atoms with Crippen molar-refractivity contribution in [2.24, 2.45) is 0 Å². The highest BCUT2D eigenvalue weighted by molar-refractivity contribution is 5.95. The number of hydrogen-bond donors (Lipinski definition) is 0. The summed E-state index contributed by atoms with van der Waals surface area (Å²) < 4.78 is 76.4. The molecule has 0 N–H and O–H groups in total. The summed E-state index contributed by atoms with van der Waals surface area (Å²) in [5.41, 5.74) is -0.533. The third kappa shape index (κ3) is 4.55. The van der Waals surface area contributed by atoms with Crippen LogP contribution in [-0.4, -0.2) is 40.4 Å². The van der Waals surface area contributed by atoms with Crippen molar-refractivity contribution in [3.63, 3.8) is 0 Å². The van der Waals surface area contributed by atoms with Crippen LogP contribution >= 0.6 is 0 Å². The van der Waals surface area contributed by atoms with Crippen molar-refractivity contribution < 1.29 is 31.1 Å². The Morgan fingerprint density at radius 1 is 1.19 bits per heavy atom. The van der Waals surface area contributed by atoms with E-state index in [4.69, 9.17) is 0 Å². The minimum atomic E-state index is -4.53. The first-order valence-corrected chi connectivity index (χ1v) is 7.44. The average Bonchev–Trinajstić information content (AvgIpc) is 2.92. The standard InChI is InChI=1S/C16H15F6N3O/c1-10-13(14(26)24(2)7-6-15(17,18)19)9-23-25(10)12-5-3-4-11(8-12)16(20,21)22/h3-5,8-9H,6-7H2,1-2H3. The van der Waals surface area contributed by atoms with E-state index in [9.17, 15) is 31.1 Å². The summed E-state index contributed by atoms with van der Waals surface area (Å²) in [7, 11) is 1.22. The van der Waals surface area contributed by atoms with E-state index in [2.05, 4.69) is 5.10 Å². The number of rotatable bonds is 4. The topological polar surface area (TPSA) is 38.1 Å². The zero-order valence-electron chi connectivity index (χ0n) is 13.8. The molecule has 1 aromatic carbocycles. The number of carbonyl (C=O) groups is 1. The predicted octanol–water partition coefficient (Wildman–Crippen LogP) is 4.22. The van der Waals surface area contributed by atoms with Gasteiger partial charge in [-0.05, 0) is 25.1 Å². The molecule has 0 saturated carbocycles. The first-order valence-electron chi connectivity index (χ1n) is 7.44. The van der Waals surface area contributed by atoms with Crippen LogP contribution in [0.5, 0.6) is 0 Å². The Balaban J connectivity index is 2.26. The molecule has 1 heterocycles. The van der Waals surface area contributed by atoms with Gasteiger partial charge in [0.2, 0.25) is 0 Å². The van der Waals surface area contributed by atoms with Crippen LogP contribution in [0.25, 0.3) is 5.69 Å². The Morgan fingerprint density at radius 3 is 2.42 bits per heavy atom. The molecule has 0 radical (unpaired) electrons. The second kappa shape index (κ2) is 7.00. The van der Waals surface area contributed by atoms with Crippen LogP contribution in [0, 0.1) is 6.92 Å². The molecule has 2 aromatic rings. The van der Waals surface area contributed by atoms with Crippen LogP contribution in [0.3, 0.4) is 0 Å². The summed E-state index contributed by atoms with van der Waals surface area (Å²) in [5, 5.41) is 3.90. The van der Waals surface area contributed by atoms with E-state index in [-0.39, 0.29) is 16.9 Å². The molecule has 142 valence electrons. The van der Waals surface area contributed by atoms with Crippen molar-refractivity contribution in [2.75, 3.05) is 13.6 Å². The maximum absolute atomic E-state index is 12.8. The number of halogens is 6. The lowest BCUT2D eigenvalue weighted by Gasteiger charge is -2.18. The highest BCUT2D eigenvalue weighted by atomic mass is 19.4. The molecule has 0 bridgehead atoms.